The molecule has 1 heterocycles. The van der Waals surface area contributed by atoms with Crippen molar-refractivity contribution >= 4 is 22.3 Å². The maximum Gasteiger partial charge on any atom is 0.123 e. The fourth-order valence-electron chi connectivity index (χ4n) is 3.53. The zero-order valence-corrected chi connectivity index (χ0v) is 12.8. The quantitative estimate of drug-likeness (QED) is 0.650. The van der Waals surface area contributed by atoms with Gasteiger partial charge < -0.3 is 10.6 Å². The number of rotatable bonds is 2. The van der Waals surface area contributed by atoms with E-state index < -0.39 is 0 Å². The highest BCUT2D eigenvalue weighted by atomic mass is 15.2. The highest BCUT2D eigenvalue weighted by Gasteiger charge is 2.24. The van der Waals surface area contributed by atoms with Crippen LogP contribution >= 0.6 is 0 Å². The van der Waals surface area contributed by atoms with E-state index in [4.69, 9.17) is 11.1 Å². The van der Waals surface area contributed by atoms with Gasteiger partial charge in [0.25, 0.3) is 0 Å². The molecular weight excluding hydrogens is 258 g/mol. The van der Waals surface area contributed by atoms with Gasteiger partial charge in [-0.15, -0.1) is 0 Å². The topological polar surface area (TPSA) is 53.1 Å². The summed E-state index contributed by atoms with van der Waals surface area (Å²) >= 11 is 0. The summed E-state index contributed by atoms with van der Waals surface area (Å²) in [5.41, 5.74) is 7.82. The molecule has 1 fully saturated rings. The summed E-state index contributed by atoms with van der Waals surface area (Å²) in [6.07, 6.45) is 2.48. The lowest BCUT2D eigenvalue weighted by molar-refractivity contribution is 0.378. The molecule has 2 atom stereocenters. The van der Waals surface area contributed by atoms with Gasteiger partial charge in [-0.2, -0.15) is 0 Å². The lowest BCUT2D eigenvalue weighted by atomic mass is 9.91. The first-order valence-electron chi connectivity index (χ1n) is 7.70. The largest absolute Gasteiger partial charge is 0.384 e. The van der Waals surface area contributed by atoms with Gasteiger partial charge in [0.15, 0.2) is 0 Å². The van der Waals surface area contributed by atoms with Crippen LogP contribution in [0.5, 0.6) is 0 Å². The number of nitrogen functional groups attached to an aromatic ring is 1. The van der Waals surface area contributed by atoms with Crippen molar-refractivity contribution in [2.24, 2.45) is 11.7 Å². The molecule has 2 unspecified atom stereocenters. The Kier molecular flexibility index (Phi) is 3.58. The number of nitrogens with two attached hydrogens (primary N) is 1. The molecule has 1 aliphatic rings. The molecule has 3 rings (SSSR count). The Balaban J connectivity index is 2.12. The van der Waals surface area contributed by atoms with E-state index in [0.717, 1.165) is 23.4 Å². The molecule has 2 aromatic carbocycles. The third kappa shape index (κ3) is 2.48. The van der Waals surface area contributed by atoms with Crippen molar-refractivity contribution in [1.29, 1.82) is 5.41 Å². The fraction of sp³-hybridized carbons (Fsp3) is 0.389. The predicted molar refractivity (Wildman–Crippen MR) is 90.2 cm³/mol. The Morgan fingerprint density at radius 1 is 1.14 bits per heavy atom. The first kappa shape index (κ1) is 13.9. The Bertz CT molecular complexity index is 677. The molecule has 1 saturated heterocycles. The molecular formula is C18H23N3. The lowest BCUT2D eigenvalue weighted by Crippen LogP contribution is -2.40. The molecule has 3 N–H and O–H groups in total. The third-order valence-corrected chi connectivity index (χ3v) is 4.64. The minimum atomic E-state index is 0.137. The molecule has 0 spiro atoms. The smallest absolute Gasteiger partial charge is 0.123 e. The van der Waals surface area contributed by atoms with Crippen LogP contribution in [0.15, 0.2) is 36.4 Å². The van der Waals surface area contributed by atoms with Crippen molar-refractivity contribution in [3.05, 3.63) is 42.0 Å². The first-order valence-corrected chi connectivity index (χ1v) is 7.70. The number of fused-ring (bicyclic) bond motifs is 1. The standard InChI is InChI=1S/C18H23N3/c1-12-9-10-21(13(2)11-12)17-8-7-16(18(19)20)14-5-3-4-6-15(14)17/h3-8,12-13H,9-11H2,1-2H3,(H3,19,20). The van der Waals surface area contributed by atoms with Crippen LogP contribution in [0, 0.1) is 11.3 Å². The van der Waals surface area contributed by atoms with Crippen LogP contribution < -0.4 is 10.6 Å². The Labute approximate surface area is 126 Å². The molecule has 0 amide bonds. The van der Waals surface area contributed by atoms with Crippen LogP contribution in [-0.4, -0.2) is 18.4 Å². The zero-order chi connectivity index (χ0) is 15.0. The molecule has 0 aromatic heterocycles. The lowest BCUT2D eigenvalue weighted by Gasteiger charge is -2.39. The average molecular weight is 281 g/mol. The van der Waals surface area contributed by atoms with Gasteiger partial charge in [-0.25, -0.2) is 0 Å². The van der Waals surface area contributed by atoms with E-state index >= 15 is 0 Å². The van der Waals surface area contributed by atoms with Gasteiger partial charge in [0.2, 0.25) is 0 Å². The number of anilines is 1. The fourth-order valence-corrected chi connectivity index (χ4v) is 3.53. The summed E-state index contributed by atoms with van der Waals surface area (Å²) in [7, 11) is 0. The molecule has 1 aliphatic heterocycles. The maximum atomic E-state index is 7.76. The molecule has 3 nitrogen and oxygen atoms in total. The van der Waals surface area contributed by atoms with E-state index in [-0.39, 0.29) is 5.84 Å². The molecule has 0 radical (unpaired) electrons. The number of nitrogens with zero attached hydrogens (tertiary/aromatic N) is 1. The van der Waals surface area contributed by atoms with Gasteiger partial charge in [0.1, 0.15) is 5.84 Å². The van der Waals surface area contributed by atoms with Gasteiger partial charge in [-0.3, -0.25) is 5.41 Å². The van der Waals surface area contributed by atoms with E-state index in [1.54, 1.807) is 0 Å². The van der Waals surface area contributed by atoms with Crippen LogP contribution in [0.3, 0.4) is 0 Å². The number of nitrogens with one attached hydrogen (secondary N) is 1. The molecule has 2 aromatic rings. The van der Waals surface area contributed by atoms with Crippen molar-refractivity contribution in [3.63, 3.8) is 0 Å². The second-order valence-electron chi connectivity index (χ2n) is 6.26. The number of hydrogen-bond donors (Lipinski definition) is 2. The van der Waals surface area contributed by atoms with Crippen LogP contribution in [0.1, 0.15) is 32.3 Å². The molecule has 110 valence electrons. The zero-order valence-electron chi connectivity index (χ0n) is 12.8. The summed E-state index contributed by atoms with van der Waals surface area (Å²) in [6, 6.07) is 13.0. The van der Waals surface area contributed by atoms with Gasteiger partial charge in [-0.05, 0) is 43.2 Å². The number of hydrogen-bond acceptors (Lipinski definition) is 2. The van der Waals surface area contributed by atoms with E-state index in [2.05, 4.69) is 43.0 Å². The number of amidine groups is 1. The van der Waals surface area contributed by atoms with Gasteiger partial charge in [0, 0.05) is 29.2 Å². The van der Waals surface area contributed by atoms with Crippen molar-refractivity contribution in [1.82, 2.24) is 0 Å². The van der Waals surface area contributed by atoms with E-state index in [1.807, 2.05) is 12.1 Å². The SMILES string of the molecule is CC1CCN(c2ccc(C(=N)N)c3ccccc23)C(C)C1. The Morgan fingerprint density at radius 3 is 2.52 bits per heavy atom. The van der Waals surface area contributed by atoms with Gasteiger partial charge in [0.05, 0.1) is 0 Å². The Morgan fingerprint density at radius 2 is 1.86 bits per heavy atom. The van der Waals surface area contributed by atoms with Gasteiger partial charge in [-0.1, -0.05) is 31.2 Å². The van der Waals surface area contributed by atoms with Crippen molar-refractivity contribution in [3.8, 4) is 0 Å². The summed E-state index contributed by atoms with van der Waals surface area (Å²) in [5.74, 6) is 0.942. The van der Waals surface area contributed by atoms with Crippen LogP contribution in [-0.2, 0) is 0 Å². The molecule has 0 bridgehead atoms. The average Bonchev–Trinajstić information content (AvgIpc) is 2.46. The molecule has 3 heteroatoms. The first-order chi connectivity index (χ1) is 10.1. The summed E-state index contributed by atoms with van der Waals surface area (Å²) in [4.78, 5) is 2.51. The molecule has 0 aliphatic carbocycles. The second-order valence-corrected chi connectivity index (χ2v) is 6.26. The Hall–Kier alpha value is -2.03. The molecule has 0 saturated carbocycles. The van der Waals surface area contributed by atoms with Crippen LogP contribution in [0.2, 0.25) is 0 Å². The van der Waals surface area contributed by atoms with Crippen LogP contribution in [0.4, 0.5) is 5.69 Å². The van der Waals surface area contributed by atoms with Gasteiger partial charge >= 0.3 is 0 Å². The minimum absolute atomic E-state index is 0.137. The van der Waals surface area contributed by atoms with E-state index in [9.17, 15) is 0 Å². The van der Waals surface area contributed by atoms with E-state index in [1.165, 1.54) is 23.9 Å². The van der Waals surface area contributed by atoms with Crippen LogP contribution in [0.25, 0.3) is 10.8 Å². The monoisotopic (exact) mass is 281 g/mol. The third-order valence-electron chi connectivity index (χ3n) is 4.64. The second kappa shape index (κ2) is 5.40. The summed E-state index contributed by atoms with van der Waals surface area (Å²) in [5, 5.41) is 10.0. The van der Waals surface area contributed by atoms with Crippen molar-refractivity contribution in [2.75, 3.05) is 11.4 Å². The summed E-state index contributed by atoms with van der Waals surface area (Å²) < 4.78 is 0. The van der Waals surface area contributed by atoms with Crippen molar-refractivity contribution < 1.29 is 0 Å². The van der Waals surface area contributed by atoms with Crippen molar-refractivity contribution in [2.45, 2.75) is 32.7 Å². The maximum absolute atomic E-state index is 7.76. The molecule has 21 heavy (non-hydrogen) atoms. The summed E-state index contributed by atoms with van der Waals surface area (Å²) in [6.45, 7) is 5.75. The number of benzene rings is 2. The highest BCUT2D eigenvalue weighted by molar-refractivity contribution is 6.10. The number of piperidine rings is 1. The predicted octanol–water partition coefficient (Wildman–Crippen LogP) is 3.75. The van der Waals surface area contributed by atoms with E-state index in [0.29, 0.717) is 6.04 Å². The minimum Gasteiger partial charge on any atom is -0.384 e. The highest BCUT2D eigenvalue weighted by Crippen LogP contribution is 2.34. The normalized spacial score (nSPS) is 22.5.